The van der Waals surface area contributed by atoms with E-state index in [1.807, 2.05) is 0 Å². The third-order valence-electron chi connectivity index (χ3n) is 4.34. The average molecular weight is 438 g/mol. The number of sulfonamides is 1. The Balaban J connectivity index is 2.15. The van der Waals surface area contributed by atoms with Gasteiger partial charge in [0.15, 0.2) is 11.3 Å². The number of carbonyl (C=O) groups is 1. The Kier molecular flexibility index (Phi) is 5.24. The molecule has 0 radical (unpaired) electrons. The molecule has 0 aliphatic rings. The van der Waals surface area contributed by atoms with Crippen LogP contribution in [0.5, 0.6) is 5.75 Å². The molecule has 1 N–H and O–H groups in total. The van der Waals surface area contributed by atoms with Crippen LogP contribution in [0.3, 0.4) is 0 Å². The highest BCUT2D eigenvalue weighted by atomic mass is 35.5. The first-order valence-corrected chi connectivity index (χ1v) is 10.4. The van der Waals surface area contributed by atoms with E-state index in [0.29, 0.717) is 9.33 Å². The summed E-state index contributed by atoms with van der Waals surface area (Å²) in [4.78, 5) is 37.6. The molecule has 3 aromatic rings. The summed E-state index contributed by atoms with van der Waals surface area (Å²) >= 11 is 5.95. The van der Waals surface area contributed by atoms with Gasteiger partial charge in [-0.05, 0) is 17.7 Å². The largest absolute Gasteiger partial charge is 0.503 e. The molecule has 152 valence electrons. The molecule has 3 rings (SSSR count). The Bertz CT molecular complexity index is 1360. The van der Waals surface area contributed by atoms with Crippen LogP contribution in [0.1, 0.15) is 15.9 Å². The standard InChI is InChI=1S/C18H16ClN3O6S/c1-20(29(2,27)28)17(25)13-10-21-6-7-22(9-11-4-3-5-12(19)8-11)18(26)14(21)16(24)15(13)23/h3-8,10,24H,9H2,1-2H3. The molecular formula is C18H16ClN3O6S. The van der Waals surface area contributed by atoms with Gasteiger partial charge in [-0.2, -0.15) is 0 Å². The van der Waals surface area contributed by atoms with Crippen molar-refractivity contribution in [1.82, 2.24) is 13.3 Å². The molecule has 9 nitrogen and oxygen atoms in total. The van der Waals surface area contributed by atoms with Crippen LogP contribution in [0, 0.1) is 0 Å². The lowest BCUT2D eigenvalue weighted by molar-refractivity contribution is 0.0881. The minimum atomic E-state index is -3.91. The molecule has 0 saturated heterocycles. The van der Waals surface area contributed by atoms with Crippen molar-refractivity contribution >= 4 is 33.0 Å². The smallest absolute Gasteiger partial charge is 0.279 e. The van der Waals surface area contributed by atoms with Crippen molar-refractivity contribution in [3.05, 3.63) is 79.6 Å². The minimum Gasteiger partial charge on any atom is -0.503 e. The molecule has 1 aromatic carbocycles. The number of halogens is 1. The van der Waals surface area contributed by atoms with Gasteiger partial charge in [0.25, 0.3) is 11.5 Å². The van der Waals surface area contributed by atoms with Gasteiger partial charge in [0.1, 0.15) is 5.56 Å². The number of aromatic hydroxyl groups is 1. The summed E-state index contributed by atoms with van der Waals surface area (Å²) in [6, 6.07) is 6.85. The predicted octanol–water partition coefficient (Wildman–Crippen LogP) is 0.900. The summed E-state index contributed by atoms with van der Waals surface area (Å²) < 4.78 is 25.9. The number of carbonyl (C=O) groups excluding carboxylic acids is 1. The number of rotatable bonds is 4. The lowest BCUT2D eigenvalue weighted by Crippen LogP contribution is -2.36. The maximum Gasteiger partial charge on any atom is 0.279 e. The monoisotopic (exact) mass is 437 g/mol. The molecule has 2 heterocycles. The second-order valence-electron chi connectivity index (χ2n) is 6.37. The van der Waals surface area contributed by atoms with Gasteiger partial charge in [-0.3, -0.25) is 14.4 Å². The van der Waals surface area contributed by atoms with Crippen LogP contribution < -0.4 is 11.0 Å². The van der Waals surface area contributed by atoms with Crippen molar-refractivity contribution in [3.8, 4) is 5.75 Å². The van der Waals surface area contributed by atoms with E-state index in [1.54, 1.807) is 24.3 Å². The predicted molar refractivity (Wildman–Crippen MR) is 107 cm³/mol. The summed E-state index contributed by atoms with van der Waals surface area (Å²) in [6.07, 6.45) is 4.61. The van der Waals surface area contributed by atoms with Crippen LogP contribution in [-0.4, -0.2) is 46.0 Å². The average Bonchev–Trinajstić information content (AvgIpc) is 2.64. The van der Waals surface area contributed by atoms with Crippen LogP contribution in [-0.2, 0) is 16.6 Å². The Hall–Kier alpha value is -3.11. The van der Waals surface area contributed by atoms with Gasteiger partial charge in [0.2, 0.25) is 15.5 Å². The maximum atomic E-state index is 12.8. The zero-order valence-corrected chi connectivity index (χ0v) is 16.9. The summed E-state index contributed by atoms with van der Waals surface area (Å²) in [6.45, 7) is 0.140. The number of hydrogen-bond acceptors (Lipinski definition) is 6. The molecule has 0 aliphatic carbocycles. The van der Waals surface area contributed by atoms with Crippen LogP contribution in [0.25, 0.3) is 5.52 Å². The lowest BCUT2D eigenvalue weighted by atomic mass is 10.2. The highest BCUT2D eigenvalue weighted by Gasteiger charge is 2.25. The van der Waals surface area contributed by atoms with Crippen molar-refractivity contribution in [2.24, 2.45) is 0 Å². The van der Waals surface area contributed by atoms with E-state index in [-0.39, 0.29) is 12.1 Å². The fourth-order valence-electron chi connectivity index (χ4n) is 2.73. The van der Waals surface area contributed by atoms with Crippen molar-refractivity contribution in [2.45, 2.75) is 6.54 Å². The summed E-state index contributed by atoms with van der Waals surface area (Å²) in [7, 11) is -2.92. The number of fused-ring (bicyclic) bond motifs is 1. The number of aromatic nitrogens is 2. The van der Waals surface area contributed by atoms with E-state index < -0.39 is 38.2 Å². The molecule has 0 aliphatic heterocycles. The quantitative estimate of drug-likeness (QED) is 0.647. The van der Waals surface area contributed by atoms with Gasteiger partial charge in [0, 0.05) is 30.7 Å². The van der Waals surface area contributed by atoms with Gasteiger partial charge in [-0.25, -0.2) is 12.7 Å². The Labute approximate surface area is 170 Å². The number of pyridine rings is 1. The van der Waals surface area contributed by atoms with Crippen LogP contribution in [0.15, 0.2) is 52.4 Å². The first-order valence-electron chi connectivity index (χ1n) is 8.20. The zero-order chi connectivity index (χ0) is 21.5. The van der Waals surface area contributed by atoms with E-state index in [9.17, 15) is 27.9 Å². The first kappa shape index (κ1) is 20.6. The van der Waals surface area contributed by atoms with Gasteiger partial charge in [-0.1, -0.05) is 23.7 Å². The van der Waals surface area contributed by atoms with E-state index in [1.165, 1.54) is 17.0 Å². The SMILES string of the molecule is CN(C(=O)c1cn2ccn(Cc3cccc(Cl)c3)c(=O)c2c(O)c1=O)S(C)(=O)=O. The van der Waals surface area contributed by atoms with Crippen LogP contribution in [0.4, 0.5) is 0 Å². The summed E-state index contributed by atoms with van der Waals surface area (Å²) in [5.74, 6) is -2.06. The van der Waals surface area contributed by atoms with Crippen molar-refractivity contribution in [1.29, 1.82) is 0 Å². The Morgan fingerprint density at radius 3 is 2.55 bits per heavy atom. The van der Waals surface area contributed by atoms with Gasteiger partial charge in [0.05, 0.1) is 12.8 Å². The molecule has 2 aromatic heterocycles. The summed E-state index contributed by atoms with van der Waals surface area (Å²) in [5, 5.41) is 10.8. The number of benzene rings is 1. The lowest BCUT2D eigenvalue weighted by Gasteiger charge is -2.15. The molecular weight excluding hydrogens is 422 g/mol. The number of hydrogen-bond donors (Lipinski definition) is 1. The second-order valence-corrected chi connectivity index (χ2v) is 8.82. The topological polar surface area (TPSA) is 118 Å². The first-order chi connectivity index (χ1) is 13.5. The molecule has 0 atom stereocenters. The molecule has 0 fully saturated rings. The highest BCUT2D eigenvalue weighted by Crippen LogP contribution is 2.15. The molecule has 29 heavy (non-hydrogen) atoms. The van der Waals surface area contributed by atoms with Crippen molar-refractivity contribution in [3.63, 3.8) is 0 Å². The van der Waals surface area contributed by atoms with Gasteiger partial charge < -0.3 is 14.1 Å². The molecule has 0 bridgehead atoms. The second kappa shape index (κ2) is 7.37. The van der Waals surface area contributed by atoms with Crippen LogP contribution in [0.2, 0.25) is 5.02 Å². The van der Waals surface area contributed by atoms with Crippen molar-refractivity contribution in [2.75, 3.05) is 13.3 Å². The molecule has 0 saturated carbocycles. The third kappa shape index (κ3) is 3.89. The highest BCUT2D eigenvalue weighted by molar-refractivity contribution is 7.88. The maximum absolute atomic E-state index is 12.8. The number of nitrogens with zero attached hydrogens (tertiary/aromatic N) is 3. The Morgan fingerprint density at radius 2 is 1.93 bits per heavy atom. The van der Waals surface area contributed by atoms with Gasteiger partial charge in [-0.15, -0.1) is 0 Å². The van der Waals surface area contributed by atoms with E-state index in [0.717, 1.165) is 29.5 Å². The molecule has 0 spiro atoms. The third-order valence-corrected chi connectivity index (χ3v) is 5.73. The normalized spacial score (nSPS) is 11.6. The van der Waals surface area contributed by atoms with E-state index in [2.05, 4.69) is 0 Å². The molecule has 11 heteroatoms. The molecule has 1 amide bonds. The summed E-state index contributed by atoms with van der Waals surface area (Å²) in [5.41, 5.74) is -1.99. The molecule has 0 unspecified atom stereocenters. The number of amides is 1. The fraction of sp³-hybridized carbons (Fsp3) is 0.167. The van der Waals surface area contributed by atoms with Gasteiger partial charge >= 0.3 is 0 Å². The fourth-order valence-corrected chi connectivity index (χ4v) is 3.35. The zero-order valence-electron chi connectivity index (χ0n) is 15.4. The minimum absolute atomic E-state index is 0.140. The van der Waals surface area contributed by atoms with Crippen LogP contribution >= 0.6 is 11.6 Å². The van der Waals surface area contributed by atoms with E-state index >= 15 is 0 Å². The Morgan fingerprint density at radius 1 is 1.24 bits per heavy atom. The van der Waals surface area contributed by atoms with Crippen molar-refractivity contribution < 1.29 is 18.3 Å². The van der Waals surface area contributed by atoms with E-state index in [4.69, 9.17) is 11.6 Å².